The Kier molecular flexibility index (Phi) is 3.67. The standard InChI is InChI=1S/C18H23N5OS/c1-11-4-5-25-15(11)10-22-7-12-6-16-20-21-17(18(24)19-14-2-3-14)23(16)9-13(12)8-22/h4-5,12-14H,2-3,6-10H2,1H3,(H,19,24)/t12-,13+/m1/s1. The fraction of sp³-hybridized carbons (Fsp3) is 0.611. The monoisotopic (exact) mass is 357 g/mol. The van der Waals surface area contributed by atoms with Crippen molar-refractivity contribution in [2.45, 2.75) is 45.3 Å². The summed E-state index contributed by atoms with van der Waals surface area (Å²) in [5.41, 5.74) is 1.40. The maximum absolute atomic E-state index is 12.4. The molecule has 2 aliphatic heterocycles. The van der Waals surface area contributed by atoms with E-state index >= 15 is 0 Å². The lowest BCUT2D eigenvalue weighted by atomic mass is 9.89. The largest absolute Gasteiger partial charge is 0.347 e. The molecule has 0 aromatic carbocycles. The van der Waals surface area contributed by atoms with Gasteiger partial charge < -0.3 is 9.88 Å². The normalized spacial score (nSPS) is 25.6. The first kappa shape index (κ1) is 15.5. The number of carbonyl (C=O) groups is 1. The van der Waals surface area contributed by atoms with Gasteiger partial charge >= 0.3 is 0 Å². The highest BCUT2D eigenvalue weighted by atomic mass is 32.1. The Balaban J connectivity index is 1.29. The highest BCUT2D eigenvalue weighted by Crippen LogP contribution is 2.34. The van der Waals surface area contributed by atoms with Crippen molar-refractivity contribution in [3.63, 3.8) is 0 Å². The van der Waals surface area contributed by atoms with Gasteiger partial charge in [0.25, 0.3) is 5.91 Å². The number of hydrogen-bond donors (Lipinski definition) is 1. The van der Waals surface area contributed by atoms with Gasteiger partial charge in [0.15, 0.2) is 0 Å². The molecule has 5 rings (SSSR count). The van der Waals surface area contributed by atoms with Gasteiger partial charge in [-0.2, -0.15) is 0 Å². The molecule has 0 spiro atoms. The van der Waals surface area contributed by atoms with Crippen LogP contribution in [0.15, 0.2) is 11.4 Å². The van der Waals surface area contributed by atoms with Crippen LogP contribution >= 0.6 is 11.3 Å². The first-order valence-corrected chi connectivity index (χ1v) is 10.0. The molecule has 0 bridgehead atoms. The second-order valence-electron chi connectivity index (χ2n) is 7.74. The van der Waals surface area contributed by atoms with Crippen molar-refractivity contribution in [1.82, 2.24) is 25.0 Å². The zero-order valence-corrected chi connectivity index (χ0v) is 15.3. The molecule has 0 radical (unpaired) electrons. The number of fused-ring (bicyclic) bond motifs is 2. The van der Waals surface area contributed by atoms with E-state index in [2.05, 4.69) is 43.4 Å². The minimum absolute atomic E-state index is 0.0521. The molecule has 1 N–H and O–H groups in total. The third-order valence-corrected chi connectivity index (χ3v) is 6.80. The van der Waals surface area contributed by atoms with Crippen LogP contribution in [0.3, 0.4) is 0 Å². The number of nitrogens with one attached hydrogen (secondary N) is 1. The Labute approximate surface area is 151 Å². The zero-order chi connectivity index (χ0) is 17.0. The third kappa shape index (κ3) is 2.89. The number of likely N-dealkylation sites (tertiary alicyclic amines) is 1. The average Bonchev–Trinajstić information content (AvgIpc) is 2.99. The van der Waals surface area contributed by atoms with Gasteiger partial charge in [0.1, 0.15) is 5.82 Å². The molecule has 1 amide bonds. The molecular formula is C18H23N5OS. The number of rotatable bonds is 4. The molecule has 4 heterocycles. The van der Waals surface area contributed by atoms with E-state index in [1.807, 2.05) is 11.3 Å². The van der Waals surface area contributed by atoms with Crippen molar-refractivity contribution >= 4 is 17.2 Å². The minimum atomic E-state index is -0.0521. The minimum Gasteiger partial charge on any atom is -0.347 e. The molecule has 1 aliphatic carbocycles. The van der Waals surface area contributed by atoms with Gasteiger partial charge in [-0.15, -0.1) is 21.5 Å². The quantitative estimate of drug-likeness (QED) is 0.907. The first-order valence-electron chi connectivity index (χ1n) is 9.15. The van der Waals surface area contributed by atoms with Gasteiger partial charge in [0, 0.05) is 43.5 Å². The summed E-state index contributed by atoms with van der Waals surface area (Å²) in [6, 6.07) is 2.56. The van der Waals surface area contributed by atoms with Crippen LogP contribution in [-0.2, 0) is 19.5 Å². The second-order valence-corrected chi connectivity index (χ2v) is 8.74. The molecule has 1 saturated carbocycles. The van der Waals surface area contributed by atoms with Gasteiger partial charge in [-0.25, -0.2) is 0 Å². The molecule has 3 aliphatic rings. The highest BCUT2D eigenvalue weighted by Gasteiger charge is 2.39. The molecule has 25 heavy (non-hydrogen) atoms. The Hall–Kier alpha value is -1.73. The summed E-state index contributed by atoms with van der Waals surface area (Å²) in [4.78, 5) is 16.4. The van der Waals surface area contributed by atoms with Crippen molar-refractivity contribution in [3.8, 4) is 0 Å². The Bertz CT molecular complexity index is 808. The van der Waals surface area contributed by atoms with E-state index in [0.717, 1.165) is 51.3 Å². The van der Waals surface area contributed by atoms with E-state index in [-0.39, 0.29) is 5.91 Å². The molecule has 2 aromatic heterocycles. The molecule has 132 valence electrons. The Morgan fingerprint density at radius 2 is 2.12 bits per heavy atom. The van der Waals surface area contributed by atoms with Gasteiger partial charge in [-0.3, -0.25) is 9.69 Å². The highest BCUT2D eigenvalue weighted by molar-refractivity contribution is 7.10. The SMILES string of the molecule is Cc1ccsc1CN1C[C@H]2Cc3nnc(C(=O)NC4CC4)n3C[C@@H]2C1. The lowest BCUT2D eigenvalue weighted by Crippen LogP contribution is -2.33. The van der Waals surface area contributed by atoms with E-state index in [1.165, 1.54) is 10.4 Å². The van der Waals surface area contributed by atoms with Crippen molar-refractivity contribution in [2.24, 2.45) is 11.8 Å². The number of carbonyl (C=O) groups excluding carboxylic acids is 1. The summed E-state index contributed by atoms with van der Waals surface area (Å²) in [6.07, 6.45) is 3.12. The van der Waals surface area contributed by atoms with E-state index in [4.69, 9.17) is 0 Å². The van der Waals surface area contributed by atoms with Crippen LogP contribution in [0, 0.1) is 18.8 Å². The van der Waals surface area contributed by atoms with Gasteiger partial charge in [0.2, 0.25) is 5.82 Å². The molecule has 2 fully saturated rings. The van der Waals surface area contributed by atoms with Crippen molar-refractivity contribution < 1.29 is 4.79 Å². The predicted molar refractivity (Wildman–Crippen MR) is 95.5 cm³/mol. The summed E-state index contributed by atoms with van der Waals surface area (Å²) in [6.45, 7) is 6.34. The predicted octanol–water partition coefficient (Wildman–Crippen LogP) is 1.84. The molecular weight excluding hydrogens is 334 g/mol. The second kappa shape index (κ2) is 5.92. The molecule has 7 heteroatoms. The smallest absolute Gasteiger partial charge is 0.289 e. The van der Waals surface area contributed by atoms with E-state index in [9.17, 15) is 4.79 Å². The number of nitrogens with zero attached hydrogens (tertiary/aromatic N) is 4. The summed E-state index contributed by atoms with van der Waals surface area (Å²) in [5.74, 6) is 2.67. The maximum atomic E-state index is 12.4. The van der Waals surface area contributed by atoms with Crippen molar-refractivity contribution in [2.75, 3.05) is 13.1 Å². The van der Waals surface area contributed by atoms with E-state index in [0.29, 0.717) is 23.7 Å². The summed E-state index contributed by atoms with van der Waals surface area (Å²) >= 11 is 1.85. The summed E-state index contributed by atoms with van der Waals surface area (Å²) in [7, 11) is 0. The van der Waals surface area contributed by atoms with E-state index in [1.54, 1.807) is 0 Å². The lowest BCUT2D eigenvalue weighted by Gasteiger charge is -2.25. The van der Waals surface area contributed by atoms with Crippen molar-refractivity contribution in [3.05, 3.63) is 33.5 Å². The summed E-state index contributed by atoms with van der Waals surface area (Å²) < 4.78 is 2.07. The number of amides is 1. The van der Waals surface area contributed by atoms with Crippen LogP contribution in [0.1, 0.15) is 39.7 Å². The van der Waals surface area contributed by atoms with Crippen molar-refractivity contribution in [1.29, 1.82) is 0 Å². The van der Waals surface area contributed by atoms with Crippen LogP contribution in [0.4, 0.5) is 0 Å². The number of thiophene rings is 1. The van der Waals surface area contributed by atoms with Crippen LogP contribution in [0.5, 0.6) is 0 Å². The molecule has 2 atom stereocenters. The van der Waals surface area contributed by atoms with Crippen LogP contribution in [0.25, 0.3) is 0 Å². The molecule has 1 saturated heterocycles. The third-order valence-electron chi connectivity index (χ3n) is 5.79. The topological polar surface area (TPSA) is 63.1 Å². The van der Waals surface area contributed by atoms with E-state index < -0.39 is 0 Å². The van der Waals surface area contributed by atoms with Gasteiger partial charge in [-0.05, 0) is 48.6 Å². The molecule has 2 aromatic rings. The van der Waals surface area contributed by atoms with Gasteiger partial charge in [-0.1, -0.05) is 0 Å². The van der Waals surface area contributed by atoms with Crippen LogP contribution in [0.2, 0.25) is 0 Å². The molecule has 0 unspecified atom stereocenters. The van der Waals surface area contributed by atoms with Crippen LogP contribution < -0.4 is 5.32 Å². The lowest BCUT2D eigenvalue weighted by molar-refractivity contribution is 0.0932. The maximum Gasteiger partial charge on any atom is 0.289 e. The zero-order valence-electron chi connectivity index (χ0n) is 14.4. The van der Waals surface area contributed by atoms with Gasteiger partial charge in [0.05, 0.1) is 0 Å². The van der Waals surface area contributed by atoms with Crippen LogP contribution in [-0.4, -0.2) is 44.7 Å². The number of aromatic nitrogens is 3. The first-order chi connectivity index (χ1) is 12.2. The fourth-order valence-corrected chi connectivity index (χ4v) is 5.11. The molecule has 6 nitrogen and oxygen atoms in total. The fourth-order valence-electron chi connectivity index (χ4n) is 4.17. The average molecular weight is 357 g/mol. The Morgan fingerprint density at radius 3 is 2.88 bits per heavy atom. The number of aryl methyl sites for hydroxylation is 1. The summed E-state index contributed by atoms with van der Waals surface area (Å²) in [5, 5.41) is 13.7. The Morgan fingerprint density at radius 1 is 1.28 bits per heavy atom. The number of hydrogen-bond acceptors (Lipinski definition) is 5.